The van der Waals surface area contributed by atoms with Crippen LogP contribution in [0.25, 0.3) is 0 Å². The van der Waals surface area contributed by atoms with Gasteiger partial charge in [-0.2, -0.15) is 5.26 Å². The van der Waals surface area contributed by atoms with Crippen LogP contribution in [0.15, 0.2) is 24.3 Å². The Morgan fingerprint density at radius 1 is 0.931 bits per heavy atom. The van der Waals surface area contributed by atoms with E-state index in [4.69, 9.17) is 28.9 Å². The lowest BCUT2D eigenvalue weighted by Gasteiger charge is -2.43. The number of carbonyl (C=O) groups excluding carboxylic acids is 3. The molecule has 0 unspecified atom stereocenters. The fourth-order valence-electron chi connectivity index (χ4n) is 2.98. The van der Waals surface area contributed by atoms with Gasteiger partial charge in [0.25, 0.3) is 0 Å². The van der Waals surface area contributed by atoms with Crippen LogP contribution in [0.2, 0.25) is 0 Å². The number of nitriles is 1. The molecule has 5 atom stereocenters. The van der Waals surface area contributed by atoms with Crippen molar-refractivity contribution in [1.82, 2.24) is 0 Å². The molecule has 9 heteroatoms. The fourth-order valence-corrected chi connectivity index (χ4v) is 2.98. The second-order valence-corrected chi connectivity index (χ2v) is 6.53. The Hall–Kier alpha value is -3.12. The van der Waals surface area contributed by atoms with Gasteiger partial charge < -0.3 is 23.7 Å². The quantitative estimate of drug-likeness (QED) is 0.514. The fraction of sp³-hybridized carbons (Fsp3) is 0.500. The van der Waals surface area contributed by atoms with Crippen molar-refractivity contribution in [2.24, 2.45) is 0 Å². The molecule has 1 saturated heterocycles. The number of benzene rings is 1. The molecule has 29 heavy (non-hydrogen) atoms. The summed E-state index contributed by atoms with van der Waals surface area (Å²) in [7, 11) is 0. The normalized spacial score (nSPS) is 26.0. The van der Waals surface area contributed by atoms with Crippen LogP contribution in [-0.4, -0.2) is 48.6 Å². The van der Waals surface area contributed by atoms with E-state index in [2.05, 4.69) is 6.07 Å². The number of carbonyl (C=O) groups is 3. The van der Waals surface area contributed by atoms with Crippen molar-refractivity contribution in [2.45, 2.75) is 64.8 Å². The number of rotatable bonds is 6. The minimum atomic E-state index is -1.17. The molecule has 0 N–H and O–H groups in total. The highest BCUT2D eigenvalue weighted by molar-refractivity contribution is 5.68. The standard InChI is InChI=1S/C20H23NO8/c1-11-17(26-12(2)22)18(27-13(3)23)19(28-14(4)24)20(25-11)29-16-7-5-15(6-8-16)9-10-21/h5-8,11,17-20H,9H2,1-4H3/t11-,17-,18+,19+,20-/m0/s1. The summed E-state index contributed by atoms with van der Waals surface area (Å²) >= 11 is 0. The van der Waals surface area contributed by atoms with Crippen molar-refractivity contribution in [3.8, 4) is 11.8 Å². The SMILES string of the molecule is CC(=O)O[C@@H]1[C@@H](OC(C)=O)[C@H](C)O[C@@H](Oc2ccc(CC#N)cc2)[C@@H]1OC(C)=O. The van der Waals surface area contributed by atoms with Gasteiger partial charge in [0, 0.05) is 20.8 Å². The summed E-state index contributed by atoms with van der Waals surface area (Å²) in [4.78, 5) is 34.8. The molecule has 0 saturated carbocycles. The topological polar surface area (TPSA) is 121 Å². The summed E-state index contributed by atoms with van der Waals surface area (Å²) in [6.07, 6.45) is -4.85. The van der Waals surface area contributed by atoms with Crippen molar-refractivity contribution >= 4 is 17.9 Å². The van der Waals surface area contributed by atoms with Gasteiger partial charge in [-0.05, 0) is 24.6 Å². The molecule has 1 aliphatic rings. The lowest BCUT2D eigenvalue weighted by molar-refractivity contribution is -0.280. The number of esters is 3. The summed E-state index contributed by atoms with van der Waals surface area (Å²) in [5.41, 5.74) is 0.807. The molecule has 0 aliphatic carbocycles. The number of hydrogen-bond donors (Lipinski definition) is 0. The second-order valence-electron chi connectivity index (χ2n) is 6.53. The van der Waals surface area contributed by atoms with E-state index in [1.54, 1.807) is 31.2 Å². The van der Waals surface area contributed by atoms with E-state index in [9.17, 15) is 14.4 Å². The van der Waals surface area contributed by atoms with Crippen molar-refractivity contribution in [3.05, 3.63) is 29.8 Å². The van der Waals surface area contributed by atoms with E-state index < -0.39 is 48.6 Å². The van der Waals surface area contributed by atoms with Gasteiger partial charge >= 0.3 is 17.9 Å². The molecule has 0 radical (unpaired) electrons. The Morgan fingerprint density at radius 3 is 1.97 bits per heavy atom. The van der Waals surface area contributed by atoms with Gasteiger partial charge in [0.2, 0.25) is 12.4 Å². The zero-order valence-electron chi connectivity index (χ0n) is 16.6. The molecule has 9 nitrogen and oxygen atoms in total. The lowest BCUT2D eigenvalue weighted by atomic mass is 9.99. The smallest absolute Gasteiger partial charge is 0.303 e. The number of nitrogens with zero attached hydrogens (tertiary/aromatic N) is 1. The minimum absolute atomic E-state index is 0.256. The Balaban J connectivity index is 2.31. The van der Waals surface area contributed by atoms with Gasteiger partial charge in [-0.1, -0.05) is 12.1 Å². The van der Waals surface area contributed by atoms with Gasteiger partial charge in [0.15, 0.2) is 12.2 Å². The van der Waals surface area contributed by atoms with Crippen LogP contribution in [0, 0.1) is 11.3 Å². The first-order valence-corrected chi connectivity index (χ1v) is 9.01. The molecular weight excluding hydrogens is 382 g/mol. The highest BCUT2D eigenvalue weighted by atomic mass is 16.7. The van der Waals surface area contributed by atoms with Gasteiger partial charge in [-0.25, -0.2) is 0 Å². The van der Waals surface area contributed by atoms with E-state index >= 15 is 0 Å². The molecular formula is C20H23NO8. The van der Waals surface area contributed by atoms with Crippen LogP contribution in [0.4, 0.5) is 0 Å². The minimum Gasteiger partial charge on any atom is -0.461 e. The summed E-state index contributed by atoms with van der Waals surface area (Å²) in [5.74, 6) is -1.49. The van der Waals surface area contributed by atoms with E-state index in [0.717, 1.165) is 5.56 Å². The average molecular weight is 405 g/mol. The summed E-state index contributed by atoms with van der Waals surface area (Å²) in [6.45, 7) is 5.22. The molecule has 1 heterocycles. The van der Waals surface area contributed by atoms with E-state index in [0.29, 0.717) is 5.75 Å². The van der Waals surface area contributed by atoms with Gasteiger partial charge in [0.1, 0.15) is 5.75 Å². The number of ether oxygens (including phenoxy) is 5. The predicted molar refractivity (Wildman–Crippen MR) is 97.4 cm³/mol. The first-order chi connectivity index (χ1) is 13.7. The maximum absolute atomic E-state index is 11.7. The zero-order valence-corrected chi connectivity index (χ0v) is 16.6. The van der Waals surface area contributed by atoms with Crippen LogP contribution >= 0.6 is 0 Å². The molecule has 0 amide bonds. The summed E-state index contributed by atoms with van der Waals surface area (Å²) < 4.78 is 27.5. The summed E-state index contributed by atoms with van der Waals surface area (Å²) in [5, 5.41) is 8.76. The molecule has 1 aliphatic heterocycles. The molecule has 2 rings (SSSR count). The van der Waals surface area contributed by atoms with Gasteiger partial charge in [-0.15, -0.1) is 0 Å². The monoisotopic (exact) mass is 405 g/mol. The van der Waals surface area contributed by atoms with E-state index in [1.807, 2.05) is 0 Å². The molecule has 0 aromatic heterocycles. The average Bonchev–Trinajstić information content (AvgIpc) is 2.62. The van der Waals surface area contributed by atoms with Gasteiger partial charge in [0.05, 0.1) is 18.6 Å². The molecule has 1 aromatic carbocycles. The third-order valence-electron chi connectivity index (χ3n) is 4.09. The Kier molecular flexibility index (Phi) is 7.56. The van der Waals surface area contributed by atoms with Crippen molar-refractivity contribution in [3.63, 3.8) is 0 Å². The van der Waals surface area contributed by atoms with Crippen molar-refractivity contribution in [2.75, 3.05) is 0 Å². The Labute approximate surface area is 168 Å². The highest BCUT2D eigenvalue weighted by Crippen LogP contribution is 2.30. The lowest BCUT2D eigenvalue weighted by Crippen LogP contribution is -2.62. The highest BCUT2D eigenvalue weighted by Gasteiger charge is 2.51. The molecule has 0 bridgehead atoms. The molecule has 0 spiro atoms. The van der Waals surface area contributed by atoms with Crippen molar-refractivity contribution < 1.29 is 38.1 Å². The molecule has 156 valence electrons. The van der Waals surface area contributed by atoms with E-state index in [-0.39, 0.29) is 6.42 Å². The maximum Gasteiger partial charge on any atom is 0.303 e. The predicted octanol–water partition coefficient (Wildman–Crippen LogP) is 1.67. The van der Waals surface area contributed by atoms with Crippen molar-refractivity contribution in [1.29, 1.82) is 5.26 Å². The van der Waals surface area contributed by atoms with Crippen LogP contribution < -0.4 is 4.74 Å². The zero-order chi connectivity index (χ0) is 21.6. The third-order valence-corrected chi connectivity index (χ3v) is 4.09. The first kappa shape index (κ1) is 22.2. The Bertz CT molecular complexity index is 785. The first-order valence-electron chi connectivity index (χ1n) is 9.01. The molecule has 1 aromatic rings. The largest absolute Gasteiger partial charge is 0.461 e. The summed E-state index contributed by atoms with van der Waals surface area (Å²) in [6, 6.07) is 8.78. The molecule has 1 fully saturated rings. The van der Waals surface area contributed by atoms with Crippen LogP contribution in [0.3, 0.4) is 0 Å². The van der Waals surface area contributed by atoms with Crippen LogP contribution in [0.5, 0.6) is 5.75 Å². The third kappa shape index (κ3) is 6.19. The van der Waals surface area contributed by atoms with Crippen LogP contribution in [-0.2, 0) is 39.8 Å². The van der Waals surface area contributed by atoms with Crippen LogP contribution in [0.1, 0.15) is 33.3 Å². The Morgan fingerprint density at radius 2 is 1.45 bits per heavy atom. The second kappa shape index (κ2) is 9.89. The van der Waals surface area contributed by atoms with Gasteiger partial charge in [-0.3, -0.25) is 14.4 Å². The number of hydrogen-bond acceptors (Lipinski definition) is 9. The van der Waals surface area contributed by atoms with E-state index in [1.165, 1.54) is 20.8 Å². The maximum atomic E-state index is 11.7.